The number of rotatable bonds is 2. The maximum Gasteiger partial charge on any atom is 0.0552 e. The molecule has 0 bridgehead atoms. The maximum atomic E-state index is 6.90. The third kappa shape index (κ3) is 3.70. The van der Waals surface area contributed by atoms with Crippen LogP contribution in [0.2, 0.25) is 0 Å². The summed E-state index contributed by atoms with van der Waals surface area (Å²) in [5.41, 5.74) is 2.82. The fourth-order valence-corrected chi connectivity index (χ4v) is 12.6. The Morgan fingerprint density at radius 1 is 0.395 bits per heavy atom. The first kappa shape index (κ1) is 23.9. The van der Waals surface area contributed by atoms with Gasteiger partial charge in [0.15, 0.2) is 0 Å². The van der Waals surface area contributed by atoms with Crippen LogP contribution in [0, 0.1) is 0 Å². The second-order valence-corrected chi connectivity index (χ2v) is 16.4. The molecule has 6 aromatic rings. The summed E-state index contributed by atoms with van der Waals surface area (Å²) in [6.45, 7) is 0. The number of benzene rings is 6. The molecule has 2 unspecified atom stereocenters. The van der Waals surface area contributed by atoms with E-state index in [1.807, 2.05) is 0 Å². The van der Waals surface area contributed by atoms with E-state index in [1.165, 1.54) is 53.9 Å². The largest absolute Gasteiger partial charge is 0.291 e. The van der Waals surface area contributed by atoms with Gasteiger partial charge < -0.3 is 0 Å². The molecule has 2 aliphatic rings. The SMILES string of the molecule is [B-][P+]1(c2ccccc2)Cc2cccc3cccc1c23.[B-][P+]1(c2ccccc2)Cc2cccc3cccc1c23. The topological polar surface area (TPSA) is 0 Å². The van der Waals surface area contributed by atoms with Crippen molar-refractivity contribution in [1.82, 2.24) is 0 Å². The molecule has 2 aliphatic heterocycles. The highest BCUT2D eigenvalue weighted by atomic mass is 31.2. The Morgan fingerprint density at radius 2 is 0.763 bits per heavy atom. The molecule has 0 amide bonds. The molecule has 0 aliphatic carbocycles. The molecule has 6 radical (unpaired) electrons. The molecule has 0 fully saturated rings. The Labute approximate surface area is 228 Å². The second kappa shape index (κ2) is 9.24. The average molecular weight is 518 g/mol. The van der Waals surface area contributed by atoms with Crippen molar-refractivity contribution in [2.24, 2.45) is 0 Å². The molecule has 2 heterocycles. The lowest BCUT2D eigenvalue weighted by Gasteiger charge is -2.32. The van der Waals surface area contributed by atoms with Crippen LogP contribution in [0.25, 0.3) is 21.5 Å². The standard InChI is InChI=1S/2C17H13BP/c2*18-19(15-9-2-1-3-10-15)12-14-8-4-6-13-7-5-11-16(19)17(13)14/h2*1-11H,12H2. The van der Waals surface area contributed by atoms with Gasteiger partial charge in [-0.1, -0.05) is 97.1 Å². The van der Waals surface area contributed by atoms with Crippen LogP contribution >= 0.6 is 14.3 Å². The van der Waals surface area contributed by atoms with Crippen molar-refractivity contribution in [3.63, 3.8) is 0 Å². The van der Waals surface area contributed by atoms with Crippen LogP contribution in [0.1, 0.15) is 11.1 Å². The molecule has 2 atom stereocenters. The normalized spacial score (nSPS) is 20.9. The Hall–Kier alpha value is -3.17. The van der Waals surface area contributed by atoms with Crippen LogP contribution in [-0.2, 0) is 12.3 Å². The van der Waals surface area contributed by atoms with Crippen molar-refractivity contribution in [3.8, 4) is 0 Å². The van der Waals surface area contributed by atoms with Crippen LogP contribution in [0.3, 0.4) is 0 Å². The first-order valence-corrected chi connectivity index (χ1v) is 17.1. The van der Waals surface area contributed by atoms with Gasteiger partial charge in [-0.3, -0.25) is 15.1 Å². The van der Waals surface area contributed by atoms with Crippen LogP contribution < -0.4 is 21.2 Å². The van der Waals surface area contributed by atoms with Crippen molar-refractivity contribution < 1.29 is 0 Å². The zero-order valence-corrected chi connectivity index (χ0v) is 23.0. The zero-order valence-electron chi connectivity index (χ0n) is 21.2. The fraction of sp³-hybridized carbons (Fsp3) is 0.0588. The minimum absolute atomic E-state index is 0.994. The Kier molecular flexibility index (Phi) is 5.81. The van der Waals surface area contributed by atoms with Crippen LogP contribution in [0.5, 0.6) is 0 Å². The lowest BCUT2D eigenvalue weighted by atomic mass is 10.1. The molecule has 0 N–H and O–H groups in total. The number of hydrogen-bond acceptors (Lipinski definition) is 0. The molecule has 178 valence electrons. The molecule has 4 heteroatoms. The van der Waals surface area contributed by atoms with Crippen molar-refractivity contribution >= 4 is 72.2 Å². The Balaban J connectivity index is 0.000000127. The maximum absolute atomic E-state index is 6.90. The highest BCUT2D eigenvalue weighted by molar-refractivity contribution is 8.09. The summed E-state index contributed by atoms with van der Waals surface area (Å²) < 4.78 is 0. The predicted octanol–water partition coefficient (Wildman–Crippen LogP) is 6.81. The Morgan fingerprint density at radius 3 is 1.16 bits per heavy atom. The van der Waals surface area contributed by atoms with Gasteiger partial charge in [-0.2, -0.15) is 14.3 Å². The third-order valence-electron chi connectivity index (χ3n) is 8.07. The van der Waals surface area contributed by atoms with E-state index in [0.29, 0.717) is 0 Å². The average Bonchev–Trinajstić information content (AvgIpc) is 3.45. The van der Waals surface area contributed by atoms with Gasteiger partial charge in [-0.05, 0) is 58.3 Å². The van der Waals surface area contributed by atoms with E-state index < -0.39 is 14.3 Å². The summed E-state index contributed by atoms with van der Waals surface area (Å²) in [4.78, 5) is 0. The first-order chi connectivity index (χ1) is 18.6. The summed E-state index contributed by atoms with van der Waals surface area (Å²) in [5.74, 6) is 0. The van der Waals surface area contributed by atoms with Crippen molar-refractivity contribution in [1.29, 1.82) is 0 Å². The molecule has 0 spiro atoms. The second-order valence-electron chi connectivity index (χ2n) is 10.3. The van der Waals surface area contributed by atoms with Gasteiger partial charge in [0, 0.05) is 33.7 Å². The minimum Gasteiger partial charge on any atom is -0.291 e. The zero-order chi connectivity index (χ0) is 25.7. The van der Waals surface area contributed by atoms with Gasteiger partial charge >= 0.3 is 0 Å². The summed E-state index contributed by atoms with van der Waals surface area (Å²) >= 11 is 0. The summed E-state index contributed by atoms with van der Waals surface area (Å²) in [6.07, 6.45) is 1.99. The van der Waals surface area contributed by atoms with Crippen molar-refractivity contribution in [3.05, 3.63) is 145 Å². The van der Waals surface area contributed by atoms with Gasteiger partial charge in [0.1, 0.15) is 0 Å². The molecule has 0 saturated carbocycles. The molecule has 8 rings (SSSR count). The molecule has 6 aromatic carbocycles. The van der Waals surface area contributed by atoms with Crippen LogP contribution in [0.15, 0.2) is 133 Å². The molecular weight excluding hydrogens is 492 g/mol. The van der Waals surface area contributed by atoms with E-state index in [1.54, 1.807) is 0 Å². The Bertz CT molecular complexity index is 1660. The molecule has 0 nitrogen and oxygen atoms in total. The van der Waals surface area contributed by atoms with Crippen LogP contribution in [-0.4, -0.2) is 15.1 Å². The van der Waals surface area contributed by atoms with E-state index in [0.717, 1.165) is 12.3 Å². The van der Waals surface area contributed by atoms with E-state index in [2.05, 4.69) is 133 Å². The van der Waals surface area contributed by atoms with Crippen molar-refractivity contribution in [2.45, 2.75) is 12.3 Å². The fourth-order valence-electron chi connectivity index (χ4n) is 6.28. The predicted molar refractivity (Wildman–Crippen MR) is 172 cm³/mol. The minimum atomic E-state index is -1.73. The molecular formula is C34H26B2P2. The molecule has 0 saturated heterocycles. The quantitative estimate of drug-likeness (QED) is 0.175. The van der Waals surface area contributed by atoms with Crippen LogP contribution in [0.4, 0.5) is 0 Å². The first-order valence-electron chi connectivity index (χ1n) is 13.0. The highest BCUT2D eigenvalue weighted by Crippen LogP contribution is 2.61. The van der Waals surface area contributed by atoms with Gasteiger partial charge in [-0.15, -0.1) is 0 Å². The lowest BCUT2D eigenvalue weighted by molar-refractivity contribution is 1.48. The van der Waals surface area contributed by atoms with Gasteiger partial charge in [-0.25, -0.2) is 0 Å². The lowest BCUT2D eigenvalue weighted by Crippen LogP contribution is -2.20. The van der Waals surface area contributed by atoms with E-state index in [4.69, 9.17) is 15.1 Å². The smallest absolute Gasteiger partial charge is 0.0552 e. The summed E-state index contributed by atoms with van der Waals surface area (Å²) in [5, 5.41) is 10.8. The number of hydrogen-bond donors (Lipinski definition) is 0. The highest BCUT2D eigenvalue weighted by Gasteiger charge is 2.34. The van der Waals surface area contributed by atoms with Gasteiger partial charge in [0.05, 0.1) is 10.6 Å². The van der Waals surface area contributed by atoms with E-state index >= 15 is 0 Å². The third-order valence-corrected chi connectivity index (χ3v) is 14.7. The van der Waals surface area contributed by atoms with E-state index in [9.17, 15) is 0 Å². The van der Waals surface area contributed by atoms with Gasteiger partial charge in [0.25, 0.3) is 0 Å². The van der Waals surface area contributed by atoms with Gasteiger partial charge in [0.2, 0.25) is 0 Å². The molecule has 0 aromatic heterocycles. The van der Waals surface area contributed by atoms with Crippen molar-refractivity contribution in [2.75, 3.05) is 0 Å². The monoisotopic (exact) mass is 518 g/mol. The van der Waals surface area contributed by atoms with E-state index in [-0.39, 0.29) is 0 Å². The molecule has 38 heavy (non-hydrogen) atoms. The summed E-state index contributed by atoms with van der Waals surface area (Å²) in [7, 11) is 10.3. The summed E-state index contributed by atoms with van der Waals surface area (Å²) in [6, 6.07) is 47.4.